The molecule has 0 saturated heterocycles. The van der Waals surface area contributed by atoms with Crippen LogP contribution >= 0.6 is 0 Å². The maximum atomic E-state index is 4.65. The Bertz CT molecular complexity index is 1090. The van der Waals surface area contributed by atoms with Crippen LogP contribution in [0.4, 0.5) is 0 Å². The van der Waals surface area contributed by atoms with E-state index in [4.69, 9.17) is 0 Å². The van der Waals surface area contributed by atoms with Crippen LogP contribution in [0.3, 0.4) is 0 Å². The van der Waals surface area contributed by atoms with Crippen molar-refractivity contribution in [1.82, 2.24) is 29.8 Å². The average molecular weight is 387 g/mol. The van der Waals surface area contributed by atoms with Crippen molar-refractivity contribution in [3.63, 3.8) is 0 Å². The highest BCUT2D eigenvalue weighted by Crippen LogP contribution is 2.09. The van der Waals surface area contributed by atoms with E-state index in [0.717, 1.165) is 36.0 Å². The predicted octanol–water partition coefficient (Wildman–Crippen LogP) is 2.74. The van der Waals surface area contributed by atoms with Gasteiger partial charge in [-0.05, 0) is 49.2 Å². The fourth-order valence-corrected chi connectivity index (χ4v) is 3.24. The van der Waals surface area contributed by atoms with Gasteiger partial charge in [-0.15, -0.1) is 0 Å². The molecule has 0 radical (unpaired) electrons. The second kappa shape index (κ2) is 8.60. The van der Waals surface area contributed by atoms with Gasteiger partial charge < -0.3 is 15.0 Å². The minimum atomic E-state index is 0.624. The van der Waals surface area contributed by atoms with Crippen molar-refractivity contribution < 1.29 is 0 Å². The number of aromatic nitrogens is 4. The SMILES string of the molecule is CN=C(NCCc1ccc(-n2cccn2)cc1)NCc1cn2c(C)cccc2n1. The Morgan fingerprint density at radius 1 is 1.07 bits per heavy atom. The van der Waals surface area contributed by atoms with E-state index in [2.05, 4.69) is 73.6 Å². The fraction of sp³-hybridized carbons (Fsp3) is 0.227. The van der Waals surface area contributed by atoms with Crippen molar-refractivity contribution in [3.05, 3.63) is 84.1 Å². The molecule has 0 spiro atoms. The lowest BCUT2D eigenvalue weighted by Crippen LogP contribution is -2.37. The van der Waals surface area contributed by atoms with Crippen LogP contribution in [-0.4, -0.2) is 38.7 Å². The molecular weight excluding hydrogens is 362 g/mol. The maximum Gasteiger partial charge on any atom is 0.191 e. The monoisotopic (exact) mass is 387 g/mol. The number of hydrogen-bond acceptors (Lipinski definition) is 3. The van der Waals surface area contributed by atoms with Crippen LogP contribution < -0.4 is 10.6 Å². The molecular formula is C22H25N7. The zero-order valence-electron chi connectivity index (χ0n) is 16.7. The van der Waals surface area contributed by atoms with Crippen LogP contribution in [0.15, 0.2) is 72.1 Å². The second-order valence-electron chi connectivity index (χ2n) is 6.85. The largest absolute Gasteiger partial charge is 0.356 e. The molecule has 0 aliphatic carbocycles. The zero-order valence-corrected chi connectivity index (χ0v) is 16.7. The molecule has 1 aromatic carbocycles. The maximum absolute atomic E-state index is 4.65. The van der Waals surface area contributed by atoms with Gasteiger partial charge in [-0.2, -0.15) is 5.10 Å². The molecule has 0 aliphatic rings. The van der Waals surface area contributed by atoms with Gasteiger partial charge in [0.2, 0.25) is 0 Å². The number of nitrogens with zero attached hydrogens (tertiary/aromatic N) is 5. The Morgan fingerprint density at radius 3 is 2.66 bits per heavy atom. The Labute approximate surface area is 170 Å². The molecule has 2 N–H and O–H groups in total. The van der Waals surface area contributed by atoms with Crippen LogP contribution in [0.5, 0.6) is 0 Å². The Morgan fingerprint density at radius 2 is 1.93 bits per heavy atom. The number of hydrogen-bond donors (Lipinski definition) is 2. The first kappa shape index (κ1) is 18.7. The Balaban J connectivity index is 1.27. The summed E-state index contributed by atoms with van der Waals surface area (Å²) in [5.41, 5.74) is 5.44. The topological polar surface area (TPSA) is 71.5 Å². The molecule has 0 saturated carbocycles. The summed E-state index contributed by atoms with van der Waals surface area (Å²) in [5, 5.41) is 10.9. The van der Waals surface area contributed by atoms with Gasteiger partial charge >= 0.3 is 0 Å². The van der Waals surface area contributed by atoms with Gasteiger partial charge in [0.25, 0.3) is 0 Å². The zero-order chi connectivity index (χ0) is 20.1. The van der Waals surface area contributed by atoms with Gasteiger partial charge in [0, 0.05) is 37.9 Å². The van der Waals surface area contributed by atoms with E-state index < -0.39 is 0 Å². The van der Waals surface area contributed by atoms with Crippen molar-refractivity contribution in [2.75, 3.05) is 13.6 Å². The summed E-state index contributed by atoms with van der Waals surface area (Å²) < 4.78 is 3.95. The quantitative estimate of drug-likeness (QED) is 0.394. The molecule has 4 rings (SSSR count). The molecule has 0 aliphatic heterocycles. The van der Waals surface area contributed by atoms with E-state index in [0.29, 0.717) is 6.54 Å². The molecule has 0 unspecified atom stereocenters. The molecule has 0 atom stereocenters. The molecule has 0 amide bonds. The normalized spacial score (nSPS) is 11.7. The highest BCUT2D eigenvalue weighted by molar-refractivity contribution is 5.79. The summed E-state index contributed by atoms with van der Waals surface area (Å²) >= 11 is 0. The van der Waals surface area contributed by atoms with Crippen LogP contribution in [0.2, 0.25) is 0 Å². The molecule has 3 aromatic heterocycles. The van der Waals surface area contributed by atoms with Crippen LogP contribution in [-0.2, 0) is 13.0 Å². The lowest BCUT2D eigenvalue weighted by atomic mass is 10.1. The number of aliphatic imine (C=N–C) groups is 1. The molecule has 29 heavy (non-hydrogen) atoms. The third-order valence-corrected chi connectivity index (χ3v) is 4.82. The smallest absolute Gasteiger partial charge is 0.191 e. The molecule has 0 fully saturated rings. The average Bonchev–Trinajstić information content (AvgIpc) is 3.41. The number of pyridine rings is 1. The van der Waals surface area contributed by atoms with E-state index in [1.54, 1.807) is 13.2 Å². The number of rotatable bonds is 6. The lowest BCUT2D eigenvalue weighted by molar-refractivity contribution is 0.786. The lowest BCUT2D eigenvalue weighted by Gasteiger charge is -2.11. The number of nitrogens with one attached hydrogen (secondary N) is 2. The summed E-state index contributed by atoms with van der Waals surface area (Å²) in [6, 6.07) is 16.5. The molecule has 0 bridgehead atoms. The van der Waals surface area contributed by atoms with Crippen LogP contribution in [0, 0.1) is 6.92 Å². The third kappa shape index (κ3) is 4.45. The molecule has 148 valence electrons. The number of aryl methyl sites for hydroxylation is 1. The predicted molar refractivity (Wildman–Crippen MR) is 115 cm³/mol. The van der Waals surface area contributed by atoms with Crippen molar-refractivity contribution in [3.8, 4) is 5.69 Å². The first-order valence-electron chi connectivity index (χ1n) is 9.70. The van der Waals surface area contributed by atoms with Gasteiger partial charge in [-0.1, -0.05) is 18.2 Å². The van der Waals surface area contributed by atoms with Gasteiger partial charge in [0.1, 0.15) is 5.65 Å². The van der Waals surface area contributed by atoms with Crippen molar-refractivity contribution in [2.45, 2.75) is 19.9 Å². The first-order chi connectivity index (χ1) is 14.2. The van der Waals surface area contributed by atoms with Gasteiger partial charge in [0.15, 0.2) is 5.96 Å². The third-order valence-electron chi connectivity index (χ3n) is 4.82. The summed E-state index contributed by atoms with van der Waals surface area (Å²) in [5.74, 6) is 0.770. The highest BCUT2D eigenvalue weighted by atomic mass is 15.3. The van der Waals surface area contributed by atoms with Crippen molar-refractivity contribution >= 4 is 11.6 Å². The molecule has 7 nitrogen and oxygen atoms in total. The summed E-state index contributed by atoms with van der Waals surface area (Å²) in [7, 11) is 1.78. The summed E-state index contributed by atoms with van der Waals surface area (Å²) in [4.78, 5) is 8.95. The van der Waals surface area contributed by atoms with Crippen LogP contribution in [0.25, 0.3) is 11.3 Å². The number of fused-ring (bicyclic) bond motifs is 1. The van der Waals surface area contributed by atoms with E-state index in [1.165, 1.54) is 11.3 Å². The Hall–Kier alpha value is -3.61. The second-order valence-corrected chi connectivity index (χ2v) is 6.85. The summed E-state index contributed by atoms with van der Waals surface area (Å²) in [6.45, 7) is 3.50. The van der Waals surface area contributed by atoms with E-state index in [1.807, 2.05) is 29.1 Å². The standard InChI is InChI=1S/C22H25N7/c1-17-5-3-6-21-27-19(16-28(17)21)15-25-22(23-2)24-13-11-18-7-9-20(10-8-18)29-14-4-12-26-29/h3-10,12,14,16H,11,13,15H2,1-2H3,(H2,23,24,25). The van der Waals surface area contributed by atoms with Crippen molar-refractivity contribution in [1.29, 1.82) is 0 Å². The number of guanidine groups is 1. The number of imidazole rings is 1. The molecule has 4 aromatic rings. The minimum Gasteiger partial charge on any atom is -0.356 e. The first-order valence-corrected chi connectivity index (χ1v) is 9.70. The fourth-order valence-electron chi connectivity index (χ4n) is 3.24. The van der Waals surface area contributed by atoms with E-state index in [9.17, 15) is 0 Å². The minimum absolute atomic E-state index is 0.624. The molecule has 7 heteroatoms. The highest BCUT2D eigenvalue weighted by Gasteiger charge is 2.05. The summed E-state index contributed by atoms with van der Waals surface area (Å²) in [6.07, 6.45) is 6.69. The van der Waals surface area contributed by atoms with Gasteiger partial charge in [0.05, 0.1) is 17.9 Å². The van der Waals surface area contributed by atoms with E-state index >= 15 is 0 Å². The van der Waals surface area contributed by atoms with Crippen LogP contribution in [0.1, 0.15) is 17.0 Å². The Kier molecular flexibility index (Phi) is 5.56. The van der Waals surface area contributed by atoms with Gasteiger partial charge in [-0.3, -0.25) is 4.99 Å². The molecule has 3 heterocycles. The van der Waals surface area contributed by atoms with Crippen molar-refractivity contribution in [2.24, 2.45) is 4.99 Å². The number of benzene rings is 1. The van der Waals surface area contributed by atoms with Gasteiger partial charge in [-0.25, -0.2) is 9.67 Å². The van der Waals surface area contributed by atoms with E-state index in [-0.39, 0.29) is 0 Å².